The molecule has 2 fully saturated rings. The van der Waals surface area contributed by atoms with E-state index in [4.69, 9.17) is 4.74 Å². The number of ether oxygens (including phenoxy) is 1. The highest BCUT2D eigenvalue weighted by Crippen LogP contribution is 2.32. The first-order chi connectivity index (χ1) is 10.9. The average Bonchev–Trinajstić information content (AvgIpc) is 2.78. The van der Waals surface area contributed by atoms with Crippen molar-refractivity contribution in [1.29, 1.82) is 0 Å². The van der Waals surface area contributed by atoms with Crippen LogP contribution in [0, 0.1) is 0 Å². The molecule has 0 aromatic heterocycles. The molecule has 9 heteroatoms. The summed E-state index contributed by atoms with van der Waals surface area (Å²) < 4.78 is 32.0. The maximum Gasteiger partial charge on any atom is 0.289 e. The van der Waals surface area contributed by atoms with Gasteiger partial charge in [-0.05, 0) is 19.1 Å². The number of rotatable bonds is 5. The van der Waals surface area contributed by atoms with Gasteiger partial charge in [-0.25, -0.2) is 8.42 Å². The van der Waals surface area contributed by atoms with Gasteiger partial charge in [-0.1, -0.05) is 23.9 Å². The Morgan fingerprint density at radius 1 is 1.26 bits per heavy atom. The molecule has 1 aromatic rings. The standard InChI is InChI=1S/C14H16N2O5S2/c1-2-21-11-5-3-4-6-12(11)23(19,20)15-7-10(8-15)16-13(17)9-22-14(16)18/h3-6,10H,2,7-9H2,1H3. The summed E-state index contributed by atoms with van der Waals surface area (Å²) in [5.74, 6) is 0.189. The maximum absolute atomic E-state index is 12.7. The quantitative estimate of drug-likeness (QED) is 0.787. The number of para-hydroxylation sites is 1. The van der Waals surface area contributed by atoms with E-state index >= 15 is 0 Å². The van der Waals surface area contributed by atoms with Crippen LogP contribution in [0.4, 0.5) is 4.79 Å². The Bertz CT molecular complexity index is 727. The van der Waals surface area contributed by atoms with Crippen molar-refractivity contribution in [3.8, 4) is 5.75 Å². The zero-order valence-electron chi connectivity index (χ0n) is 12.5. The van der Waals surface area contributed by atoms with E-state index in [-0.39, 0.29) is 40.9 Å². The van der Waals surface area contributed by atoms with Crippen LogP contribution in [-0.2, 0) is 14.8 Å². The molecule has 124 valence electrons. The first-order valence-electron chi connectivity index (χ1n) is 7.16. The molecule has 0 N–H and O–H groups in total. The Labute approximate surface area is 138 Å². The molecule has 2 aliphatic rings. The number of sulfonamides is 1. The van der Waals surface area contributed by atoms with E-state index in [1.165, 1.54) is 15.3 Å². The smallest absolute Gasteiger partial charge is 0.289 e. The minimum Gasteiger partial charge on any atom is -0.492 e. The van der Waals surface area contributed by atoms with Crippen LogP contribution in [0.3, 0.4) is 0 Å². The van der Waals surface area contributed by atoms with Crippen molar-refractivity contribution >= 4 is 32.9 Å². The van der Waals surface area contributed by atoms with Crippen molar-refractivity contribution in [3.63, 3.8) is 0 Å². The number of thioether (sulfide) groups is 1. The van der Waals surface area contributed by atoms with Gasteiger partial charge >= 0.3 is 0 Å². The number of benzene rings is 1. The summed E-state index contributed by atoms with van der Waals surface area (Å²) in [6, 6.07) is 6.07. The molecule has 7 nitrogen and oxygen atoms in total. The molecule has 2 aliphatic heterocycles. The lowest BCUT2D eigenvalue weighted by Gasteiger charge is -2.41. The van der Waals surface area contributed by atoms with E-state index in [0.717, 1.165) is 11.8 Å². The fourth-order valence-corrected chi connectivity index (χ4v) is 4.99. The third kappa shape index (κ3) is 2.84. The number of hydrogen-bond acceptors (Lipinski definition) is 6. The molecule has 0 aliphatic carbocycles. The lowest BCUT2D eigenvalue weighted by molar-refractivity contribution is -0.127. The molecule has 23 heavy (non-hydrogen) atoms. The number of amides is 2. The number of imide groups is 1. The van der Waals surface area contributed by atoms with E-state index in [0.29, 0.717) is 12.4 Å². The third-order valence-corrected chi connectivity index (χ3v) is 6.45. The highest BCUT2D eigenvalue weighted by atomic mass is 32.2. The van der Waals surface area contributed by atoms with E-state index in [1.807, 2.05) is 0 Å². The Morgan fingerprint density at radius 3 is 2.57 bits per heavy atom. The van der Waals surface area contributed by atoms with Crippen molar-refractivity contribution < 1.29 is 22.7 Å². The van der Waals surface area contributed by atoms with Gasteiger partial charge in [-0.3, -0.25) is 14.5 Å². The molecular formula is C14H16N2O5S2. The van der Waals surface area contributed by atoms with Crippen LogP contribution in [0.15, 0.2) is 29.2 Å². The summed E-state index contributed by atoms with van der Waals surface area (Å²) in [4.78, 5) is 24.6. The average molecular weight is 356 g/mol. The number of carbonyl (C=O) groups is 2. The van der Waals surface area contributed by atoms with Crippen LogP contribution >= 0.6 is 11.8 Å². The molecule has 2 amide bonds. The van der Waals surface area contributed by atoms with Gasteiger partial charge in [0, 0.05) is 13.1 Å². The van der Waals surface area contributed by atoms with Gasteiger partial charge in [0.15, 0.2) is 0 Å². The Morgan fingerprint density at radius 2 is 1.96 bits per heavy atom. The topological polar surface area (TPSA) is 84.0 Å². The maximum atomic E-state index is 12.7. The number of carbonyl (C=O) groups excluding carboxylic acids is 2. The molecule has 0 radical (unpaired) electrons. The lowest BCUT2D eigenvalue weighted by atomic mass is 10.1. The first-order valence-corrected chi connectivity index (χ1v) is 9.58. The van der Waals surface area contributed by atoms with Crippen molar-refractivity contribution in [2.24, 2.45) is 0 Å². The fraction of sp³-hybridized carbons (Fsp3) is 0.429. The summed E-state index contributed by atoms with van der Waals surface area (Å²) in [6.45, 7) is 2.40. The van der Waals surface area contributed by atoms with Crippen LogP contribution in [0.1, 0.15) is 6.92 Å². The Hall–Kier alpha value is -1.58. The second-order valence-corrected chi connectivity index (χ2v) is 8.01. The number of nitrogens with zero attached hydrogens (tertiary/aromatic N) is 2. The molecule has 2 heterocycles. The van der Waals surface area contributed by atoms with Gasteiger partial charge in [0.1, 0.15) is 10.6 Å². The van der Waals surface area contributed by atoms with Gasteiger partial charge in [0.05, 0.1) is 18.4 Å². The molecule has 0 saturated carbocycles. The molecule has 0 unspecified atom stereocenters. The van der Waals surface area contributed by atoms with Crippen LogP contribution in [0.25, 0.3) is 0 Å². The van der Waals surface area contributed by atoms with E-state index in [2.05, 4.69) is 0 Å². The third-order valence-electron chi connectivity index (χ3n) is 3.75. The zero-order chi connectivity index (χ0) is 16.6. The van der Waals surface area contributed by atoms with E-state index in [1.54, 1.807) is 25.1 Å². The van der Waals surface area contributed by atoms with Gasteiger partial charge in [0.25, 0.3) is 5.24 Å². The Balaban J connectivity index is 1.76. The molecule has 1 aromatic carbocycles. The van der Waals surface area contributed by atoms with Crippen LogP contribution in [0.2, 0.25) is 0 Å². The molecule has 3 rings (SSSR count). The van der Waals surface area contributed by atoms with Crippen LogP contribution in [0.5, 0.6) is 5.75 Å². The summed E-state index contributed by atoms with van der Waals surface area (Å²) in [7, 11) is -3.70. The van der Waals surface area contributed by atoms with Crippen molar-refractivity contribution in [3.05, 3.63) is 24.3 Å². The summed E-state index contributed by atoms with van der Waals surface area (Å²) in [5, 5.41) is -0.299. The minimum atomic E-state index is -3.70. The SMILES string of the molecule is CCOc1ccccc1S(=O)(=O)N1CC(N2C(=O)CSC2=O)C1. The number of hydrogen-bond donors (Lipinski definition) is 0. The highest BCUT2D eigenvalue weighted by molar-refractivity contribution is 8.14. The summed E-state index contributed by atoms with van der Waals surface area (Å²) in [6.07, 6.45) is 0. The summed E-state index contributed by atoms with van der Waals surface area (Å²) in [5.41, 5.74) is 0. The van der Waals surface area contributed by atoms with Gasteiger partial charge < -0.3 is 4.74 Å². The lowest BCUT2D eigenvalue weighted by Crippen LogP contribution is -2.61. The Kier molecular flexibility index (Phi) is 4.35. The van der Waals surface area contributed by atoms with Crippen molar-refractivity contribution in [1.82, 2.24) is 9.21 Å². The normalized spacial score (nSPS) is 20.0. The van der Waals surface area contributed by atoms with Crippen molar-refractivity contribution in [2.45, 2.75) is 17.9 Å². The first kappa shape index (κ1) is 16.3. The monoisotopic (exact) mass is 356 g/mol. The van der Waals surface area contributed by atoms with Gasteiger partial charge in [-0.15, -0.1) is 0 Å². The van der Waals surface area contributed by atoms with Gasteiger partial charge in [0.2, 0.25) is 15.9 Å². The minimum absolute atomic E-state index is 0.105. The molecule has 2 saturated heterocycles. The summed E-state index contributed by atoms with van der Waals surface area (Å²) >= 11 is 0.955. The highest BCUT2D eigenvalue weighted by Gasteiger charge is 2.46. The largest absolute Gasteiger partial charge is 0.492 e. The molecular weight excluding hydrogens is 340 g/mol. The molecule has 0 spiro atoms. The molecule has 0 bridgehead atoms. The zero-order valence-corrected chi connectivity index (χ0v) is 14.1. The predicted octanol–water partition coefficient (Wildman–Crippen LogP) is 1.15. The van der Waals surface area contributed by atoms with Crippen molar-refractivity contribution in [2.75, 3.05) is 25.4 Å². The van der Waals surface area contributed by atoms with Gasteiger partial charge in [-0.2, -0.15) is 4.31 Å². The van der Waals surface area contributed by atoms with E-state index in [9.17, 15) is 18.0 Å². The predicted molar refractivity (Wildman–Crippen MR) is 84.9 cm³/mol. The fourth-order valence-electron chi connectivity index (χ4n) is 2.57. The van der Waals surface area contributed by atoms with E-state index < -0.39 is 10.0 Å². The second-order valence-electron chi connectivity index (χ2n) is 5.17. The van der Waals surface area contributed by atoms with Crippen LogP contribution < -0.4 is 4.74 Å². The second kappa shape index (κ2) is 6.14. The van der Waals surface area contributed by atoms with Crippen LogP contribution in [-0.4, -0.2) is 60.3 Å². The molecule has 0 atom stereocenters.